The maximum Gasteiger partial charge on any atom is 0.236 e. The summed E-state index contributed by atoms with van der Waals surface area (Å²) in [6.07, 6.45) is 1.19. The Kier molecular flexibility index (Phi) is 3.82. The Morgan fingerprint density at radius 2 is 1.69 bits per heavy atom. The Bertz CT molecular complexity index is 243. The smallest absolute Gasteiger partial charge is 0.236 e. The summed E-state index contributed by atoms with van der Waals surface area (Å²) in [5, 5.41) is 0. The number of rotatable bonds is 3. The van der Waals surface area contributed by atoms with Crippen molar-refractivity contribution in [2.24, 2.45) is 0 Å². The summed E-state index contributed by atoms with van der Waals surface area (Å²) in [6.45, 7) is 11.3. The van der Waals surface area contributed by atoms with Gasteiger partial charge in [-0.2, -0.15) is 0 Å². The van der Waals surface area contributed by atoms with Crippen molar-refractivity contribution in [3.63, 3.8) is 0 Å². The zero-order valence-electron chi connectivity index (χ0n) is 10.5. The lowest BCUT2D eigenvalue weighted by molar-refractivity contribution is -0.136. The molecule has 1 amide bonds. The predicted octanol–water partition coefficient (Wildman–Crippen LogP) is 0.245. The predicted molar refractivity (Wildman–Crippen MR) is 64.3 cm³/mol. The lowest BCUT2D eigenvalue weighted by Gasteiger charge is -2.38. The number of carbonyl (C=O) groups excluding carboxylic acids is 1. The third kappa shape index (κ3) is 2.74. The SMILES string of the molecule is CC(C)N1CCN(CC(=O)N2CCC2)CC1. The van der Waals surface area contributed by atoms with Gasteiger partial charge in [0, 0.05) is 45.3 Å². The van der Waals surface area contributed by atoms with E-state index in [4.69, 9.17) is 0 Å². The molecule has 0 aliphatic carbocycles. The Hall–Kier alpha value is -0.610. The minimum atomic E-state index is 0.323. The molecule has 4 heteroatoms. The maximum atomic E-state index is 11.8. The highest BCUT2D eigenvalue weighted by atomic mass is 16.2. The van der Waals surface area contributed by atoms with Gasteiger partial charge in [0.05, 0.1) is 6.54 Å². The van der Waals surface area contributed by atoms with Gasteiger partial charge >= 0.3 is 0 Å². The molecule has 4 nitrogen and oxygen atoms in total. The summed E-state index contributed by atoms with van der Waals surface area (Å²) in [5.41, 5.74) is 0. The van der Waals surface area contributed by atoms with Gasteiger partial charge in [-0.15, -0.1) is 0 Å². The fourth-order valence-corrected chi connectivity index (χ4v) is 2.29. The number of amides is 1. The minimum Gasteiger partial charge on any atom is -0.341 e. The molecule has 2 aliphatic rings. The van der Waals surface area contributed by atoms with Gasteiger partial charge in [0.1, 0.15) is 0 Å². The molecule has 92 valence electrons. The number of hydrogen-bond donors (Lipinski definition) is 0. The van der Waals surface area contributed by atoms with Crippen LogP contribution in [0.4, 0.5) is 0 Å². The second-order valence-corrected chi connectivity index (χ2v) is 5.14. The van der Waals surface area contributed by atoms with Gasteiger partial charge in [-0.25, -0.2) is 0 Å². The largest absolute Gasteiger partial charge is 0.341 e. The Labute approximate surface area is 98.2 Å². The number of likely N-dealkylation sites (tertiary alicyclic amines) is 1. The van der Waals surface area contributed by atoms with E-state index >= 15 is 0 Å². The Morgan fingerprint density at radius 1 is 1.06 bits per heavy atom. The van der Waals surface area contributed by atoms with E-state index < -0.39 is 0 Å². The third-order valence-electron chi connectivity index (χ3n) is 3.70. The standard InChI is InChI=1S/C12H23N3O/c1-11(2)14-8-6-13(7-9-14)10-12(16)15-4-3-5-15/h11H,3-10H2,1-2H3. The van der Waals surface area contributed by atoms with Gasteiger partial charge in [-0.3, -0.25) is 14.6 Å². The summed E-state index contributed by atoms with van der Waals surface area (Å²) < 4.78 is 0. The van der Waals surface area contributed by atoms with Crippen molar-refractivity contribution in [2.45, 2.75) is 26.3 Å². The molecule has 2 rings (SSSR count). The van der Waals surface area contributed by atoms with Crippen LogP contribution >= 0.6 is 0 Å². The van der Waals surface area contributed by atoms with Crippen LogP contribution in [0.25, 0.3) is 0 Å². The summed E-state index contributed by atoms with van der Waals surface area (Å²) in [6, 6.07) is 0.633. The molecule has 0 bridgehead atoms. The van der Waals surface area contributed by atoms with E-state index in [1.54, 1.807) is 0 Å². The molecule has 0 atom stereocenters. The quantitative estimate of drug-likeness (QED) is 0.688. The summed E-state index contributed by atoms with van der Waals surface area (Å²) in [4.78, 5) is 18.5. The Balaban J connectivity index is 1.70. The van der Waals surface area contributed by atoms with Gasteiger partial charge in [-0.05, 0) is 20.3 Å². The van der Waals surface area contributed by atoms with Crippen molar-refractivity contribution in [1.29, 1.82) is 0 Å². The monoisotopic (exact) mass is 225 g/mol. The minimum absolute atomic E-state index is 0.323. The Morgan fingerprint density at radius 3 is 2.12 bits per heavy atom. The molecule has 2 heterocycles. The van der Waals surface area contributed by atoms with E-state index in [-0.39, 0.29) is 0 Å². The zero-order valence-corrected chi connectivity index (χ0v) is 10.5. The fourth-order valence-electron chi connectivity index (χ4n) is 2.29. The molecule has 0 aromatic rings. The molecule has 0 aromatic carbocycles. The highest BCUT2D eigenvalue weighted by Gasteiger charge is 2.24. The molecule has 0 unspecified atom stereocenters. The lowest BCUT2D eigenvalue weighted by Crippen LogP contribution is -2.53. The first-order valence-corrected chi connectivity index (χ1v) is 6.41. The van der Waals surface area contributed by atoms with Gasteiger partial charge in [0.15, 0.2) is 0 Å². The van der Waals surface area contributed by atoms with Crippen LogP contribution in [0, 0.1) is 0 Å². The van der Waals surface area contributed by atoms with E-state index in [2.05, 4.69) is 23.6 Å². The molecule has 2 fully saturated rings. The fraction of sp³-hybridized carbons (Fsp3) is 0.917. The normalized spacial score (nSPS) is 23.6. The molecule has 0 radical (unpaired) electrons. The van der Waals surface area contributed by atoms with Crippen molar-refractivity contribution in [3.05, 3.63) is 0 Å². The van der Waals surface area contributed by atoms with Crippen LogP contribution in [0.3, 0.4) is 0 Å². The first kappa shape index (κ1) is 11.9. The topological polar surface area (TPSA) is 26.8 Å². The zero-order chi connectivity index (χ0) is 11.5. The van der Waals surface area contributed by atoms with Crippen LogP contribution in [0.15, 0.2) is 0 Å². The second-order valence-electron chi connectivity index (χ2n) is 5.14. The maximum absolute atomic E-state index is 11.8. The third-order valence-corrected chi connectivity index (χ3v) is 3.70. The number of nitrogens with zero attached hydrogens (tertiary/aromatic N) is 3. The number of hydrogen-bond acceptors (Lipinski definition) is 3. The molecule has 2 aliphatic heterocycles. The first-order chi connectivity index (χ1) is 7.66. The van der Waals surface area contributed by atoms with Crippen molar-refractivity contribution in [2.75, 3.05) is 45.8 Å². The van der Waals surface area contributed by atoms with Crippen LogP contribution < -0.4 is 0 Å². The van der Waals surface area contributed by atoms with E-state index in [0.717, 1.165) is 39.3 Å². The highest BCUT2D eigenvalue weighted by Crippen LogP contribution is 2.09. The average Bonchev–Trinajstić information content (AvgIpc) is 2.15. The molecule has 0 saturated carbocycles. The van der Waals surface area contributed by atoms with E-state index in [9.17, 15) is 4.79 Å². The summed E-state index contributed by atoms with van der Waals surface area (Å²) in [7, 11) is 0. The van der Waals surface area contributed by atoms with E-state index in [1.807, 2.05) is 4.90 Å². The molecular weight excluding hydrogens is 202 g/mol. The molecule has 16 heavy (non-hydrogen) atoms. The van der Waals surface area contributed by atoms with E-state index in [0.29, 0.717) is 18.5 Å². The van der Waals surface area contributed by atoms with Crippen LogP contribution in [0.1, 0.15) is 20.3 Å². The van der Waals surface area contributed by atoms with Crippen LogP contribution in [-0.2, 0) is 4.79 Å². The number of piperazine rings is 1. The number of carbonyl (C=O) groups is 1. The molecule has 2 saturated heterocycles. The van der Waals surface area contributed by atoms with Gasteiger partial charge < -0.3 is 4.90 Å². The van der Waals surface area contributed by atoms with Gasteiger partial charge in [-0.1, -0.05) is 0 Å². The van der Waals surface area contributed by atoms with Crippen LogP contribution in [-0.4, -0.2) is 72.5 Å². The summed E-state index contributed by atoms with van der Waals surface area (Å²) in [5.74, 6) is 0.323. The average molecular weight is 225 g/mol. The molecule has 0 N–H and O–H groups in total. The van der Waals surface area contributed by atoms with Gasteiger partial charge in [0.25, 0.3) is 0 Å². The molecular formula is C12H23N3O. The molecule has 0 aromatic heterocycles. The second kappa shape index (κ2) is 5.15. The van der Waals surface area contributed by atoms with Gasteiger partial charge in [0.2, 0.25) is 5.91 Å². The van der Waals surface area contributed by atoms with Crippen molar-refractivity contribution >= 4 is 5.91 Å². The van der Waals surface area contributed by atoms with Crippen LogP contribution in [0.2, 0.25) is 0 Å². The first-order valence-electron chi connectivity index (χ1n) is 6.41. The van der Waals surface area contributed by atoms with Crippen molar-refractivity contribution < 1.29 is 4.79 Å². The lowest BCUT2D eigenvalue weighted by atomic mass is 10.2. The van der Waals surface area contributed by atoms with Crippen molar-refractivity contribution in [3.8, 4) is 0 Å². The summed E-state index contributed by atoms with van der Waals surface area (Å²) >= 11 is 0. The van der Waals surface area contributed by atoms with Crippen LogP contribution in [0.5, 0.6) is 0 Å². The van der Waals surface area contributed by atoms with Crippen molar-refractivity contribution in [1.82, 2.24) is 14.7 Å². The highest BCUT2D eigenvalue weighted by molar-refractivity contribution is 5.78. The molecule has 0 spiro atoms. The van der Waals surface area contributed by atoms with E-state index in [1.165, 1.54) is 6.42 Å².